The number of carbonyl (C=O) groups excluding carboxylic acids is 1. The number of hydrogen-bond donors (Lipinski definition) is 1. The standard InChI is InChI=1S/C21H23N3O4S/c22-20-19-17(14-29(26,27)23-20)9-4-10-18(19)28-13-15-6-5-11-24(12-15)21(25)16-7-2-1-3-8-16/h1-4,7-10,15H,5-6,11-14H2,(H2,22,23)/t15-/m0/s1. The first kappa shape index (κ1) is 19.4. The summed E-state index contributed by atoms with van der Waals surface area (Å²) in [6, 6.07) is 14.5. The summed E-state index contributed by atoms with van der Waals surface area (Å²) in [4.78, 5) is 14.6. The molecule has 2 aromatic rings. The Hall–Kier alpha value is -2.87. The van der Waals surface area contributed by atoms with Crippen LogP contribution in [0.25, 0.3) is 0 Å². The predicted octanol–water partition coefficient (Wildman–Crippen LogP) is 2.17. The maximum atomic E-state index is 12.7. The summed E-state index contributed by atoms with van der Waals surface area (Å²) in [5, 5.41) is 0. The molecule has 1 atom stereocenters. The Morgan fingerprint density at radius 2 is 1.97 bits per heavy atom. The Morgan fingerprint density at radius 3 is 2.76 bits per heavy atom. The fraction of sp³-hybridized carbons (Fsp3) is 0.333. The van der Waals surface area contributed by atoms with Gasteiger partial charge < -0.3 is 15.4 Å². The molecule has 0 spiro atoms. The quantitative estimate of drug-likeness (QED) is 0.828. The van der Waals surface area contributed by atoms with Crippen LogP contribution in [0.4, 0.5) is 0 Å². The average molecular weight is 413 g/mol. The lowest BCUT2D eigenvalue weighted by Crippen LogP contribution is -2.41. The van der Waals surface area contributed by atoms with E-state index in [1.807, 2.05) is 35.2 Å². The van der Waals surface area contributed by atoms with Crippen molar-refractivity contribution in [2.75, 3.05) is 19.7 Å². The number of fused-ring (bicyclic) bond motifs is 1. The van der Waals surface area contributed by atoms with Gasteiger partial charge in [0.25, 0.3) is 15.9 Å². The van der Waals surface area contributed by atoms with E-state index in [2.05, 4.69) is 4.40 Å². The second kappa shape index (κ2) is 7.87. The number of carbonyl (C=O) groups is 1. The van der Waals surface area contributed by atoms with Crippen molar-refractivity contribution in [2.45, 2.75) is 18.6 Å². The molecule has 7 nitrogen and oxygen atoms in total. The highest BCUT2D eigenvalue weighted by Crippen LogP contribution is 2.29. The zero-order valence-electron chi connectivity index (χ0n) is 16.0. The first-order valence-electron chi connectivity index (χ1n) is 9.60. The van der Waals surface area contributed by atoms with Gasteiger partial charge in [-0.2, -0.15) is 0 Å². The molecular weight excluding hydrogens is 390 g/mol. The number of nitrogens with two attached hydrogens (primary N) is 1. The minimum atomic E-state index is -3.58. The van der Waals surface area contributed by atoms with Gasteiger partial charge in [-0.05, 0) is 36.6 Å². The van der Waals surface area contributed by atoms with Gasteiger partial charge in [0, 0.05) is 24.6 Å². The number of ether oxygens (including phenoxy) is 1. The minimum Gasteiger partial charge on any atom is -0.492 e. The number of hydrogen-bond acceptors (Lipinski definition) is 5. The molecule has 2 aliphatic heterocycles. The maximum absolute atomic E-state index is 12.7. The minimum absolute atomic E-state index is 0.0358. The molecule has 152 valence electrons. The summed E-state index contributed by atoms with van der Waals surface area (Å²) in [6.07, 6.45) is 1.88. The van der Waals surface area contributed by atoms with Crippen molar-refractivity contribution in [1.29, 1.82) is 0 Å². The maximum Gasteiger partial charge on any atom is 0.259 e. The number of likely N-dealkylation sites (tertiary alicyclic amines) is 1. The van der Waals surface area contributed by atoms with Gasteiger partial charge in [0.15, 0.2) is 0 Å². The number of benzene rings is 2. The Morgan fingerprint density at radius 1 is 1.17 bits per heavy atom. The van der Waals surface area contributed by atoms with Crippen LogP contribution < -0.4 is 10.5 Å². The van der Waals surface area contributed by atoms with E-state index in [1.165, 1.54) is 0 Å². The highest BCUT2D eigenvalue weighted by Gasteiger charge is 2.27. The van der Waals surface area contributed by atoms with E-state index < -0.39 is 10.0 Å². The summed E-state index contributed by atoms with van der Waals surface area (Å²) >= 11 is 0. The zero-order valence-corrected chi connectivity index (χ0v) is 16.8. The van der Waals surface area contributed by atoms with Gasteiger partial charge in [-0.25, -0.2) is 8.42 Å². The Balaban J connectivity index is 1.44. The molecule has 0 aromatic heterocycles. The van der Waals surface area contributed by atoms with Crippen LogP contribution in [-0.4, -0.2) is 44.8 Å². The highest BCUT2D eigenvalue weighted by molar-refractivity contribution is 7.89. The van der Waals surface area contributed by atoms with Crippen LogP contribution in [0.3, 0.4) is 0 Å². The van der Waals surface area contributed by atoms with Crippen molar-refractivity contribution in [3.63, 3.8) is 0 Å². The molecule has 2 N–H and O–H groups in total. The van der Waals surface area contributed by atoms with Crippen molar-refractivity contribution in [1.82, 2.24) is 4.90 Å². The number of nitrogens with zero attached hydrogens (tertiary/aromatic N) is 2. The van der Waals surface area contributed by atoms with Gasteiger partial charge in [-0.3, -0.25) is 4.79 Å². The number of sulfonamides is 1. The Kier molecular flexibility index (Phi) is 5.27. The summed E-state index contributed by atoms with van der Waals surface area (Å²) < 4.78 is 33.3. The normalized spacial score (nSPS) is 20.5. The molecule has 29 heavy (non-hydrogen) atoms. The monoisotopic (exact) mass is 413 g/mol. The van der Waals surface area contributed by atoms with Crippen LogP contribution in [-0.2, 0) is 15.8 Å². The van der Waals surface area contributed by atoms with E-state index in [4.69, 9.17) is 10.5 Å². The molecule has 0 bridgehead atoms. The van der Waals surface area contributed by atoms with E-state index in [9.17, 15) is 13.2 Å². The number of amides is 1. The molecule has 1 fully saturated rings. The smallest absolute Gasteiger partial charge is 0.259 e. The summed E-state index contributed by atoms with van der Waals surface area (Å²) in [5.41, 5.74) is 7.73. The molecule has 4 rings (SSSR count). The summed E-state index contributed by atoms with van der Waals surface area (Å²) in [6.45, 7) is 1.79. The molecule has 2 aliphatic rings. The van der Waals surface area contributed by atoms with Crippen molar-refractivity contribution in [3.8, 4) is 5.75 Å². The van der Waals surface area contributed by atoms with Crippen LogP contribution >= 0.6 is 0 Å². The van der Waals surface area contributed by atoms with Crippen LogP contribution in [0.1, 0.15) is 34.3 Å². The predicted molar refractivity (Wildman–Crippen MR) is 110 cm³/mol. The lowest BCUT2D eigenvalue weighted by Gasteiger charge is -2.33. The second-order valence-corrected chi connectivity index (χ2v) is 9.06. The summed E-state index contributed by atoms with van der Waals surface area (Å²) in [5.74, 6) is 0.548. The van der Waals surface area contributed by atoms with Crippen molar-refractivity contribution >= 4 is 21.8 Å². The van der Waals surface area contributed by atoms with Crippen LogP contribution in [0.5, 0.6) is 5.75 Å². The van der Waals surface area contributed by atoms with Crippen molar-refractivity contribution < 1.29 is 17.9 Å². The second-order valence-electron chi connectivity index (χ2n) is 7.43. The third kappa shape index (κ3) is 4.27. The van der Waals surface area contributed by atoms with E-state index in [0.29, 0.717) is 35.6 Å². The molecule has 2 heterocycles. The molecule has 1 amide bonds. The molecule has 0 aliphatic carbocycles. The van der Waals surface area contributed by atoms with Gasteiger partial charge >= 0.3 is 0 Å². The van der Waals surface area contributed by atoms with E-state index in [1.54, 1.807) is 18.2 Å². The number of rotatable bonds is 4. The van der Waals surface area contributed by atoms with Gasteiger partial charge in [-0.1, -0.05) is 30.3 Å². The van der Waals surface area contributed by atoms with Crippen LogP contribution in [0, 0.1) is 5.92 Å². The van der Waals surface area contributed by atoms with Gasteiger partial charge in [0.05, 0.1) is 17.9 Å². The molecule has 0 radical (unpaired) electrons. The van der Waals surface area contributed by atoms with Gasteiger partial charge in [0.1, 0.15) is 11.6 Å². The van der Waals surface area contributed by atoms with E-state index in [-0.39, 0.29) is 23.4 Å². The zero-order chi connectivity index (χ0) is 20.4. The lowest BCUT2D eigenvalue weighted by atomic mass is 9.98. The van der Waals surface area contributed by atoms with Crippen molar-refractivity contribution in [2.24, 2.45) is 16.0 Å². The number of piperidine rings is 1. The average Bonchev–Trinajstić information content (AvgIpc) is 2.71. The lowest BCUT2D eigenvalue weighted by molar-refractivity contribution is 0.0633. The fourth-order valence-corrected chi connectivity index (χ4v) is 4.98. The Bertz CT molecular complexity index is 1050. The molecule has 1 saturated heterocycles. The topological polar surface area (TPSA) is 102 Å². The highest BCUT2D eigenvalue weighted by atomic mass is 32.2. The summed E-state index contributed by atoms with van der Waals surface area (Å²) in [7, 11) is -3.58. The van der Waals surface area contributed by atoms with Crippen molar-refractivity contribution in [3.05, 3.63) is 65.2 Å². The third-order valence-corrected chi connectivity index (χ3v) is 6.40. The van der Waals surface area contributed by atoms with Crippen LogP contribution in [0.15, 0.2) is 52.9 Å². The van der Waals surface area contributed by atoms with Gasteiger partial charge in [0.2, 0.25) is 0 Å². The molecular formula is C21H23N3O4S. The first-order chi connectivity index (χ1) is 13.9. The number of amidine groups is 1. The molecule has 0 saturated carbocycles. The first-order valence-corrected chi connectivity index (χ1v) is 11.2. The largest absolute Gasteiger partial charge is 0.492 e. The molecule has 8 heteroatoms. The van der Waals surface area contributed by atoms with Crippen LogP contribution in [0.2, 0.25) is 0 Å². The van der Waals surface area contributed by atoms with E-state index in [0.717, 1.165) is 19.4 Å². The van der Waals surface area contributed by atoms with E-state index >= 15 is 0 Å². The Labute approximate surface area is 170 Å². The molecule has 2 aromatic carbocycles. The van der Waals surface area contributed by atoms with Gasteiger partial charge in [-0.15, -0.1) is 4.40 Å². The molecule has 0 unspecified atom stereocenters. The fourth-order valence-electron chi connectivity index (χ4n) is 3.89. The SMILES string of the molecule is NC1=NS(=O)(=O)Cc2cccc(OC[C@H]3CCCN(C(=O)c4ccccc4)C3)c21. The third-order valence-electron chi connectivity index (χ3n) is 5.25.